The van der Waals surface area contributed by atoms with Crippen molar-refractivity contribution in [2.45, 2.75) is 37.5 Å². The summed E-state index contributed by atoms with van der Waals surface area (Å²) in [5.74, 6) is 1.58. The molecule has 1 saturated carbocycles. The van der Waals surface area contributed by atoms with Crippen LogP contribution in [0.4, 0.5) is 11.5 Å². The molecular weight excluding hydrogens is 278 g/mol. The minimum absolute atomic E-state index is 0.0187. The monoisotopic (exact) mass is 297 g/mol. The fourth-order valence-corrected chi connectivity index (χ4v) is 3.52. The van der Waals surface area contributed by atoms with Crippen LogP contribution in [0.15, 0.2) is 12.3 Å². The Morgan fingerprint density at radius 1 is 1.70 bits per heavy atom. The highest BCUT2D eigenvalue weighted by Crippen LogP contribution is 2.41. The minimum Gasteiger partial charge on any atom is -0.387 e. The smallest absolute Gasteiger partial charge is 0.287 e. The highest BCUT2D eigenvalue weighted by molar-refractivity contribution is 8.00. The molecule has 0 bridgehead atoms. The maximum absolute atomic E-state index is 10.7. The van der Waals surface area contributed by atoms with Crippen molar-refractivity contribution in [3.63, 3.8) is 0 Å². The largest absolute Gasteiger partial charge is 0.387 e. The van der Waals surface area contributed by atoms with Crippen molar-refractivity contribution in [2.75, 3.05) is 17.6 Å². The number of hydrogen-bond donors (Lipinski definition) is 2. The highest BCUT2D eigenvalue weighted by Gasteiger charge is 2.45. The third kappa shape index (κ3) is 3.04. The molecule has 0 aromatic carbocycles. The molecule has 1 aromatic rings. The van der Waals surface area contributed by atoms with E-state index in [2.05, 4.69) is 17.2 Å². The van der Waals surface area contributed by atoms with E-state index < -0.39 is 10.5 Å². The zero-order valence-corrected chi connectivity index (χ0v) is 12.4. The quantitative estimate of drug-likeness (QED) is 0.619. The summed E-state index contributed by atoms with van der Waals surface area (Å²) in [7, 11) is 0. The predicted molar refractivity (Wildman–Crippen MR) is 80.2 cm³/mol. The molecule has 110 valence electrons. The molecule has 7 heteroatoms. The number of nitrogens with one attached hydrogen (secondary N) is 1. The first-order valence-corrected chi connectivity index (χ1v) is 7.70. The van der Waals surface area contributed by atoms with Gasteiger partial charge in [0.15, 0.2) is 0 Å². The van der Waals surface area contributed by atoms with Gasteiger partial charge >= 0.3 is 0 Å². The maximum Gasteiger partial charge on any atom is 0.287 e. The standard InChI is InChI=1S/C13H19N3O3S/c1-3-20-11-4-5-13(11,17)8-15-12-9(2)6-10(7-14-12)16(18)19/h6-7,11,17H,3-5,8H2,1-2H3,(H,14,15). The van der Waals surface area contributed by atoms with Crippen molar-refractivity contribution < 1.29 is 10.0 Å². The summed E-state index contributed by atoms with van der Waals surface area (Å²) in [6, 6.07) is 1.48. The molecule has 6 nitrogen and oxygen atoms in total. The van der Waals surface area contributed by atoms with Gasteiger partial charge in [-0.15, -0.1) is 0 Å². The summed E-state index contributed by atoms with van der Waals surface area (Å²) >= 11 is 1.77. The Kier molecular flexibility index (Phi) is 4.49. The lowest BCUT2D eigenvalue weighted by Crippen LogP contribution is -2.54. The van der Waals surface area contributed by atoms with E-state index in [1.54, 1.807) is 18.7 Å². The number of hydrogen-bond acceptors (Lipinski definition) is 6. The zero-order valence-electron chi connectivity index (χ0n) is 11.6. The molecule has 0 aliphatic heterocycles. The number of pyridine rings is 1. The second kappa shape index (κ2) is 5.97. The van der Waals surface area contributed by atoms with Gasteiger partial charge in [0.1, 0.15) is 12.0 Å². The van der Waals surface area contributed by atoms with Crippen LogP contribution in [0.2, 0.25) is 0 Å². The molecule has 0 saturated heterocycles. The van der Waals surface area contributed by atoms with Crippen LogP contribution in [-0.4, -0.2) is 38.2 Å². The molecule has 20 heavy (non-hydrogen) atoms. The lowest BCUT2D eigenvalue weighted by molar-refractivity contribution is -0.385. The van der Waals surface area contributed by atoms with Crippen LogP contribution in [0.1, 0.15) is 25.3 Å². The van der Waals surface area contributed by atoms with E-state index in [9.17, 15) is 15.2 Å². The van der Waals surface area contributed by atoms with E-state index in [0.717, 1.165) is 18.6 Å². The Labute approximate surface area is 122 Å². The van der Waals surface area contributed by atoms with E-state index in [1.807, 2.05) is 0 Å². The number of rotatable bonds is 6. The van der Waals surface area contributed by atoms with Crippen LogP contribution >= 0.6 is 11.8 Å². The first kappa shape index (κ1) is 15.1. The van der Waals surface area contributed by atoms with Gasteiger partial charge in [0.2, 0.25) is 0 Å². The van der Waals surface area contributed by atoms with Crippen LogP contribution < -0.4 is 5.32 Å². The number of thioether (sulfide) groups is 1. The van der Waals surface area contributed by atoms with Crippen molar-refractivity contribution in [3.8, 4) is 0 Å². The van der Waals surface area contributed by atoms with Crippen molar-refractivity contribution in [2.24, 2.45) is 0 Å². The highest BCUT2D eigenvalue weighted by atomic mass is 32.2. The zero-order chi connectivity index (χ0) is 14.8. The second-order valence-corrected chi connectivity index (χ2v) is 6.54. The van der Waals surface area contributed by atoms with Crippen molar-refractivity contribution >= 4 is 23.3 Å². The Morgan fingerprint density at radius 2 is 2.45 bits per heavy atom. The fourth-order valence-electron chi connectivity index (χ4n) is 2.32. The molecule has 1 aromatic heterocycles. The third-order valence-electron chi connectivity index (χ3n) is 3.64. The third-order valence-corrected chi connectivity index (χ3v) is 5.05. The lowest BCUT2D eigenvalue weighted by Gasteiger charge is -2.45. The summed E-state index contributed by atoms with van der Waals surface area (Å²) in [5, 5.41) is 24.5. The number of nitro groups is 1. The van der Waals surface area contributed by atoms with E-state index in [-0.39, 0.29) is 10.9 Å². The lowest BCUT2D eigenvalue weighted by atomic mass is 9.79. The molecule has 0 radical (unpaired) electrons. The summed E-state index contributed by atoms with van der Waals surface area (Å²) in [4.78, 5) is 14.3. The molecule has 1 heterocycles. The normalized spacial score (nSPS) is 25.1. The number of aryl methyl sites for hydroxylation is 1. The van der Waals surface area contributed by atoms with Crippen LogP contribution in [0.3, 0.4) is 0 Å². The summed E-state index contributed by atoms with van der Waals surface area (Å²) in [6.07, 6.45) is 3.05. The predicted octanol–water partition coefficient (Wildman–Crippen LogP) is 2.36. The summed E-state index contributed by atoms with van der Waals surface area (Å²) < 4.78 is 0. The van der Waals surface area contributed by atoms with Gasteiger partial charge in [-0.05, 0) is 31.1 Å². The van der Waals surface area contributed by atoms with Crippen LogP contribution in [0.5, 0.6) is 0 Å². The van der Waals surface area contributed by atoms with Crippen molar-refractivity contribution in [1.82, 2.24) is 4.98 Å². The summed E-state index contributed by atoms with van der Waals surface area (Å²) in [6.45, 7) is 4.28. The SMILES string of the molecule is CCSC1CCC1(O)CNc1ncc([N+](=O)[O-])cc1C. The van der Waals surface area contributed by atoms with Gasteiger partial charge in [-0.25, -0.2) is 4.98 Å². The Bertz CT molecular complexity index is 512. The number of aliphatic hydroxyl groups is 1. The maximum atomic E-state index is 10.7. The number of nitrogens with zero attached hydrogens (tertiary/aromatic N) is 2. The minimum atomic E-state index is -0.698. The van der Waals surface area contributed by atoms with E-state index >= 15 is 0 Å². The Hall–Kier alpha value is -1.34. The second-order valence-electron chi connectivity index (χ2n) is 5.06. The summed E-state index contributed by atoms with van der Waals surface area (Å²) in [5.41, 5.74) is -0.00651. The van der Waals surface area contributed by atoms with Crippen molar-refractivity contribution in [1.29, 1.82) is 0 Å². The molecule has 1 aliphatic carbocycles. The van der Waals surface area contributed by atoms with Crippen LogP contribution in [0, 0.1) is 17.0 Å². The molecule has 2 N–H and O–H groups in total. The molecule has 2 unspecified atom stereocenters. The molecule has 0 amide bonds. The number of anilines is 1. The molecule has 0 spiro atoms. The van der Waals surface area contributed by atoms with Gasteiger partial charge in [0, 0.05) is 17.9 Å². The molecule has 2 atom stereocenters. The van der Waals surface area contributed by atoms with E-state index in [4.69, 9.17) is 0 Å². The Balaban J connectivity index is 1.99. The van der Waals surface area contributed by atoms with Crippen LogP contribution in [-0.2, 0) is 0 Å². The van der Waals surface area contributed by atoms with Gasteiger partial charge in [-0.3, -0.25) is 10.1 Å². The average molecular weight is 297 g/mol. The average Bonchev–Trinajstić information content (AvgIpc) is 2.41. The first-order valence-electron chi connectivity index (χ1n) is 6.65. The molecular formula is C13H19N3O3S. The molecule has 2 rings (SSSR count). The van der Waals surface area contributed by atoms with Gasteiger partial charge in [0.05, 0.1) is 10.5 Å². The Morgan fingerprint density at radius 3 is 2.95 bits per heavy atom. The fraction of sp³-hybridized carbons (Fsp3) is 0.615. The van der Waals surface area contributed by atoms with Crippen LogP contribution in [0.25, 0.3) is 0 Å². The van der Waals surface area contributed by atoms with Crippen molar-refractivity contribution in [3.05, 3.63) is 27.9 Å². The molecule has 1 fully saturated rings. The first-order chi connectivity index (χ1) is 9.46. The van der Waals surface area contributed by atoms with Gasteiger partial charge in [0.25, 0.3) is 5.69 Å². The van der Waals surface area contributed by atoms with E-state index in [1.165, 1.54) is 12.3 Å². The van der Waals surface area contributed by atoms with Gasteiger partial charge in [-0.1, -0.05) is 6.92 Å². The molecule has 1 aliphatic rings. The number of aromatic nitrogens is 1. The van der Waals surface area contributed by atoms with Gasteiger partial charge in [-0.2, -0.15) is 11.8 Å². The van der Waals surface area contributed by atoms with E-state index in [0.29, 0.717) is 17.9 Å². The topological polar surface area (TPSA) is 88.3 Å². The van der Waals surface area contributed by atoms with Gasteiger partial charge < -0.3 is 10.4 Å².